The SMILES string of the molecule is CC(C)(C)OC(=O)N1CCC(NS(=O)(=O)c2cccc(C(=O)O)c2)CC1. The van der Waals surface area contributed by atoms with Crippen LogP contribution in [0.1, 0.15) is 44.0 Å². The van der Waals surface area contributed by atoms with Gasteiger partial charge in [0.2, 0.25) is 10.0 Å². The number of nitrogens with zero attached hydrogens (tertiary/aromatic N) is 1. The van der Waals surface area contributed by atoms with Crippen LogP contribution in [0.5, 0.6) is 0 Å². The number of carbonyl (C=O) groups excluding carboxylic acids is 1. The maximum absolute atomic E-state index is 12.5. The summed E-state index contributed by atoms with van der Waals surface area (Å²) in [6.45, 7) is 6.14. The third-order valence-electron chi connectivity index (χ3n) is 3.86. The summed E-state index contributed by atoms with van der Waals surface area (Å²) in [5.74, 6) is -1.19. The molecule has 1 heterocycles. The number of piperidine rings is 1. The van der Waals surface area contributed by atoms with E-state index >= 15 is 0 Å². The third kappa shape index (κ3) is 5.43. The fourth-order valence-corrected chi connectivity index (χ4v) is 3.94. The first kappa shape index (κ1) is 20.2. The molecule has 1 amide bonds. The van der Waals surface area contributed by atoms with Crippen molar-refractivity contribution in [1.82, 2.24) is 9.62 Å². The highest BCUT2D eigenvalue weighted by atomic mass is 32.2. The summed E-state index contributed by atoms with van der Waals surface area (Å²) in [7, 11) is -3.83. The van der Waals surface area contributed by atoms with E-state index in [1.807, 2.05) is 0 Å². The van der Waals surface area contributed by atoms with Crippen molar-refractivity contribution in [2.75, 3.05) is 13.1 Å². The first-order valence-corrected chi connectivity index (χ1v) is 9.80. The first-order chi connectivity index (χ1) is 12.0. The Morgan fingerprint density at radius 3 is 2.38 bits per heavy atom. The molecule has 0 spiro atoms. The van der Waals surface area contributed by atoms with Crippen LogP contribution in [-0.4, -0.2) is 55.2 Å². The lowest BCUT2D eigenvalue weighted by Gasteiger charge is -2.33. The molecular formula is C17H24N2O6S. The molecule has 0 bridgehead atoms. The minimum atomic E-state index is -3.83. The first-order valence-electron chi connectivity index (χ1n) is 8.31. The van der Waals surface area contributed by atoms with E-state index in [2.05, 4.69) is 4.72 Å². The molecule has 0 radical (unpaired) electrons. The average Bonchev–Trinajstić information content (AvgIpc) is 2.53. The van der Waals surface area contributed by atoms with Crippen LogP contribution in [0.3, 0.4) is 0 Å². The Morgan fingerprint density at radius 2 is 1.85 bits per heavy atom. The number of sulfonamides is 1. The molecule has 8 nitrogen and oxygen atoms in total. The van der Waals surface area contributed by atoms with Crippen LogP contribution in [0.4, 0.5) is 4.79 Å². The second-order valence-corrected chi connectivity index (χ2v) is 8.91. The van der Waals surface area contributed by atoms with Gasteiger partial charge in [-0.3, -0.25) is 0 Å². The van der Waals surface area contributed by atoms with E-state index in [0.717, 1.165) is 6.07 Å². The van der Waals surface area contributed by atoms with Gasteiger partial charge >= 0.3 is 12.1 Å². The summed E-state index contributed by atoms with van der Waals surface area (Å²) in [5.41, 5.74) is -0.669. The molecule has 9 heteroatoms. The standard InChI is InChI=1S/C17H24N2O6S/c1-17(2,3)25-16(22)19-9-7-13(8-10-19)18-26(23,24)14-6-4-5-12(11-14)15(20)21/h4-6,11,13,18H,7-10H2,1-3H3,(H,20,21). The van der Waals surface area contributed by atoms with Gasteiger partial charge in [-0.2, -0.15) is 0 Å². The van der Waals surface area contributed by atoms with Crippen LogP contribution in [0.15, 0.2) is 29.2 Å². The van der Waals surface area contributed by atoms with Crippen molar-refractivity contribution in [3.63, 3.8) is 0 Å². The number of ether oxygens (including phenoxy) is 1. The Kier molecular flexibility index (Phi) is 5.92. The highest BCUT2D eigenvalue weighted by Gasteiger charge is 2.29. The van der Waals surface area contributed by atoms with Gasteiger partial charge in [0.25, 0.3) is 0 Å². The molecule has 1 aromatic rings. The van der Waals surface area contributed by atoms with Crippen molar-refractivity contribution >= 4 is 22.1 Å². The molecule has 1 saturated heterocycles. The maximum atomic E-state index is 12.5. The number of carboxylic acids is 1. The zero-order chi connectivity index (χ0) is 19.5. The summed E-state index contributed by atoms with van der Waals surface area (Å²) in [5, 5.41) is 8.99. The second-order valence-electron chi connectivity index (χ2n) is 7.20. The summed E-state index contributed by atoms with van der Waals surface area (Å²) >= 11 is 0. The van der Waals surface area contributed by atoms with Gasteiger partial charge in [-0.15, -0.1) is 0 Å². The molecule has 1 aromatic carbocycles. The maximum Gasteiger partial charge on any atom is 0.410 e. The van der Waals surface area contributed by atoms with Gasteiger partial charge in [-0.1, -0.05) is 6.07 Å². The number of likely N-dealkylation sites (tertiary alicyclic amines) is 1. The van der Waals surface area contributed by atoms with Crippen molar-refractivity contribution in [2.45, 2.75) is 50.2 Å². The number of benzene rings is 1. The van der Waals surface area contributed by atoms with Gasteiger partial charge in [0.15, 0.2) is 0 Å². The molecule has 1 aliphatic rings. The third-order valence-corrected chi connectivity index (χ3v) is 5.38. The number of aromatic carboxylic acids is 1. The lowest BCUT2D eigenvalue weighted by molar-refractivity contribution is 0.0203. The van der Waals surface area contributed by atoms with Crippen molar-refractivity contribution in [3.05, 3.63) is 29.8 Å². The number of amides is 1. The summed E-state index contributed by atoms with van der Waals surface area (Å²) in [6, 6.07) is 4.88. The Hall–Kier alpha value is -2.13. The quantitative estimate of drug-likeness (QED) is 0.822. The minimum absolute atomic E-state index is 0.0902. The number of nitrogens with one attached hydrogen (secondary N) is 1. The Morgan fingerprint density at radius 1 is 1.23 bits per heavy atom. The number of carboxylic acid groups (broad SMARTS) is 1. The van der Waals surface area contributed by atoms with Gasteiger partial charge in [0.1, 0.15) is 5.60 Å². The van der Waals surface area contributed by atoms with Crippen LogP contribution in [0.2, 0.25) is 0 Å². The van der Waals surface area contributed by atoms with Gasteiger partial charge in [0.05, 0.1) is 10.5 Å². The predicted octanol–water partition coefficient (Wildman–Crippen LogP) is 2.06. The molecule has 1 fully saturated rings. The van der Waals surface area contributed by atoms with E-state index in [9.17, 15) is 18.0 Å². The predicted molar refractivity (Wildman–Crippen MR) is 94.6 cm³/mol. The normalized spacial score (nSPS) is 16.3. The van der Waals surface area contributed by atoms with Gasteiger partial charge in [-0.25, -0.2) is 22.7 Å². The van der Waals surface area contributed by atoms with E-state index in [1.54, 1.807) is 25.7 Å². The summed E-state index contributed by atoms with van der Waals surface area (Å²) in [4.78, 5) is 24.5. The van der Waals surface area contributed by atoms with Crippen LogP contribution < -0.4 is 4.72 Å². The van der Waals surface area contributed by atoms with E-state index in [0.29, 0.717) is 25.9 Å². The molecule has 1 aliphatic heterocycles. The molecule has 2 N–H and O–H groups in total. The molecule has 2 rings (SSSR count). The lowest BCUT2D eigenvalue weighted by atomic mass is 10.1. The second kappa shape index (κ2) is 7.63. The summed E-state index contributed by atoms with van der Waals surface area (Å²) < 4.78 is 32.8. The van der Waals surface area contributed by atoms with Crippen molar-refractivity contribution in [2.24, 2.45) is 0 Å². The lowest BCUT2D eigenvalue weighted by Crippen LogP contribution is -2.47. The van der Waals surface area contributed by atoms with Crippen molar-refractivity contribution in [3.8, 4) is 0 Å². The van der Waals surface area contributed by atoms with E-state index in [4.69, 9.17) is 9.84 Å². The van der Waals surface area contributed by atoms with Gasteiger partial charge < -0.3 is 14.7 Å². The number of hydrogen-bond acceptors (Lipinski definition) is 5. The van der Waals surface area contributed by atoms with Crippen molar-refractivity contribution in [1.29, 1.82) is 0 Å². The minimum Gasteiger partial charge on any atom is -0.478 e. The fourth-order valence-electron chi connectivity index (χ4n) is 2.59. The molecule has 26 heavy (non-hydrogen) atoms. The number of hydrogen-bond donors (Lipinski definition) is 2. The molecule has 0 unspecified atom stereocenters. The van der Waals surface area contributed by atoms with E-state index < -0.39 is 27.7 Å². The van der Waals surface area contributed by atoms with Crippen LogP contribution in [0, 0.1) is 0 Å². The smallest absolute Gasteiger partial charge is 0.410 e. The topological polar surface area (TPSA) is 113 Å². The molecule has 0 aliphatic carbocycles. The number of carbonyl (C=O) groups is 2. The Labute approximate surface area is 153 Å². The van der Waals surface area contributed by atoms with Gasteiger partial charge in [-0.05, 0) is 51.8 Å². The highest BCUT2D eigenvalue weighted by Crippen LogP contribution is 2.18. The molecule has 144 valence electrons. The van der Waals surface area contributed by atoms with Crippen LogP contribution in [0.25, 0.3) is 0 Å². The van der Waals surface area contributed by atoms with Crippen LogP contribution >= 0.6 is 0 Å². The van der Waals surface area contributed by atoms with Gasteiger partial charge in [0, 0.05) is 19.1 Å². The Bertz CT molecular complexity index is 777. The zero-order valence-corrected chi connectivity index (χ0v) is 15.9. The Balaban J connectivity index is 1.97. The fraction of sp³-hybridized carbons (Fsp3) is 0.529. The van der Waals surface area contributed by atoms with E-state index in [-0.39, 0.29) is 16.5 Å². The van der Waals surface area contributed by atoms with Crippen LogP contribution in [-0.2, 0) is 14.8 Å². The molecule has 0 atom stereocenters. The zero-order valence-electron chi connectivity index (χ0n) is 15.1. The largest absolute Gasteiger partial charge is 0.478 e. The van der Waals surface area contributed by atoms with E-state index in [1.165, 1.54) is 18.2 Å². The molecule has 0 saturated carbocycles. The molecular weight excluding hydrogens is 360 g/mol. The van der Waals surface area contributed by atoms with Crippen molar-refractivity contribution < 1.29 is 27.9 Å². The monoisotopic (exact) mass is 384 g/mol. The highest BCUT2D eigenvalue weighted by molar-refractivity contribution is 7.89. The average molecular weight is 384 g/mol. The molecule has 0 aromatic heterocycles. The summed E-state index contributed by atoms with van der Waals surface area (Å²) in [6.07, 6.45) is 0.502. The number of rotatable bonds is 4.